The first-order valence-corrected chi connectivity index (χ1v) is 11.0. The van der Waals surface area contributed by atoms with Gasteiger partial charge >= 0.3 is 0 Å². The Balaban J connectivity index is 1.45. The zero-order valence-electron chi connectivity index (χ0n) is 17.7. The standard InChI is InChI=1S/C25H21N5OS/c1-17-13-18(2)30(29-17)24-12-11-21(15-27-24)28-25(31)22-5-3-4-6-23(22)32-16-20-9-7-19(14-26)8-10-20/h3-13,15H,16H2,1-2H3,(H,28,31). The van der Waals surface area contributed by atoms with Crippen LogP contribution in [-0.2, 0) is 5.75 Å². The molecule has 2 heterocycles. The van der Waals surface area contributed by atoms with Gasteiger partial charge in [-0.25, -0.2) is 9.67 Å². The van der Waals surface area contributed by atoms with Crippen LogP contribution in [0.5, 0.6) is 0 Å². The Bertz CT molecular complexity index is 1290. The van der Waals surface area contributed by atoms with Crippen molar-refractivity contribution in [2.75, 3.05) is 5.32 Å². The number of rotatable bonds is 6. The predicted octanol–water partition coefficient (Wildman–Crippen LogP) is 5.30. The number of amides is 1. The van der Waals surface area contributed by atoms with Gasteiger partial charge < -0.3 is 5.32 Å². The van der Waals surface area contributed by atoms with Gasteiger partial charge in [0.15, 0.2) is 5.82 Å². The van der Waals surface area contributed by atoms with E-state index in [0.717, 1.165) is 21.8 Å². The lowest BCUT2D eigenvalue weighted by atomic mass is 10.2. The maximum Gasteiger partial charge on any atom is 0.256 e. The van der Waals surface area contributed by atoms with Crippen LogP contribution in [0.15, 0.2) is 77.8 Å². The number of hydrogen-bond acceptors (Lipinski definition) is 5. The molecular formula is C25H21N5OS. The summed E-state index contributed by atoms with van der Waals surface area (Å²) in [6, 6.07) is 22.8. The van der Waals surface area contributed by atoms with Gasteiger partial charge in [0.2, 0.25) is 0 Å². The van der Waals surface area contributed by atoms with E-state index in [9.17, 15) is 4.79 Å². The highest BCUT2D eigenvalue weighted by atomic mass is 32.2. The van der Waals surface area contributed by atoms with E-state index < -0.39 is 0 Å². The number of carbonyl (C=O) groups excluding carboxylic acids is 1. The van der Waals surface area contributed by atoms with Crippen molar-refractivity contribution in [3.63, 3.8) is 0 Å². The predicted molar refractivity (Wildman–Crippen MR) is 126 cm³/mol. The molecule has 7 heteroatoms. The first-order valence-electron chi connectivity index (χ1n) is 10.1. The lowest BCUT2D eigenvalue weighted by molar-refractivity contribution is 0.102. The van der Waals surface area contributed by atoms with Crippen LogP contribution in [-0.4, -0.2) is 20.7 Å². The van der Waals surface area contributed by atoms with Gasteiger partial charge in [-0.2, -0.15) is 10.4 Å². The second kappa shape index (κ2) is 9.50. The summed E-state index contributed by atoms with van der Waals surface area (Å²) in [5, 5.41) is 16.3. The number of aryl methyl sites for hydroxylation is 2. The van der Waals surface area contributed by atoms with Crippen LogP contribution in [0.4, 0.5) is 5.69 Å². The number of benzene rings is 2. The molecule has 2 aromatic heterocycles. The van der Waals surface area contributed by atoms with Crippen molar-refractivity contribution in [2.24, 2.45) is 0 Å². The number of carbonyl (C=O) groups is 1. The molecule has 0 saturated heterocycles. The molecule has 2 aromatic carbocycles. The minimum Gasteiger partial charge on any atom is -0.321 e. The van der Waals surface area contributed by atoms with Crippen LogP contribution in [0, 0.1) is 25.2 Å². The van der Waals surface area contributed by atoms with E-state index in [0.29, 0.717) is 28.4 Å². The number of nitrogens with zero attached hydrogens (tertiary/aromatic N) is 4. The zero-order chi connectivity index (χ0) is 22.5. The third kappa shape index (κ3) is 4.88. The summed E-state index contributed by atoms with van der Waals surface area (Å²) in [7, 11) is 0. The molecule has 4 aromatic rings. The first kappa shape index (κ1) is 21.3. The minimum atomic E-state index is -0.186. The molecule has 0 fully saturated rings. The van der Waals surface area contributed by atoms with E-state index in [2.05, 4.69) is 21.5 Å². The maximum absolute atomic E-state index is 12.9. The molecule has 4 rings (SSSR count). The number of anilines is 1. The summed E-state index contributed by atoms with van der Waals surface area (Å²) >= 11 is 1.59. The SMILES string of the molecule is Cc1cc(C)n(-c2ccc(NC(=O)c3ccccc3SCc3ccc(C#N)cc3)cn2)n1. The molecule has 0 spiro atoms. The van der Waals surface area contributed by atoms with Crippen molar-refractivity contribution in [2.45, 2.75) is 24.5 Å². The fraction of sp³-hybridized carbons (Fsp3) is 0.120. The molecule has 6 nitrogen and oxygen atoms in total. The highest BCUT2D eigenvalue weighted by Crippen LogP contribution is 2.27. The van der Waals surface area contributed by atoms with Crippen molar-refractivity contribution in [1.82, 2.24) is 14.8 Å². The molecule has 158 valence electrons. The van der Waals surface area contributed by atoms with Crippen molar-refractivity contribution in [3.05, 3.63) is 101 Å². The van der Waals surface area contributed by atoms with Gasteiger partial charge in [-0.1, -0.05) is 24.3 Å². The second-order valence-corrected chi connectivity index (χ2v) is 8.31. The third-order valence-electron chi connectivity index (χ3n) is 4.84. The Morgan fingerprint density at radius 2 is 1.88 bits per heavy atom. The number of hydrogen-bond donors (Lipinski definition) is 1. The van der Waals surface area contributed by atoms with E-state index in [-0.39, 0.29) is 5.91 Å². The van der Waals surface area contributed by atoms with E-state index in [1.54, 1.807) is 34.8 Å². The molecule has 0 aliphatic carbocycles. The van der Waals surface area contributed by atoms with Crippen molar-refractivity contribution in [3.8, 4) is 11.9 Å². The van der Waals surface area contributed by atoms with Crippen LogP contribution in [0.3, 0.4) is 0 Å². The maximum atomic E-state index is 12.9. The summed E-state index contributed by atoms with van der Waals surface area (Å²) < 4.78 is 1.77. The monoisotopic (exact) mass is 439 g/mol. The summed E-state index contributed by atoms with van der Waals surface area (Å²) in [5.41, 5.74) is 4.88. The zero-order valence-corrected chi connectivity index (χ0v) is 18.6. The molecule has 1 N–H and O–H groups in total. The lowest BCUT2D eigenvalue weighted by Crippen LogP contribution is -2.13. The Kier molecular flexibility index (Phi) is 6.34. The minimum absolute atomic E-state index is 0.186. The number of nitrogens with one attached hydrogen (secondary N) is 1. The Labute approximate surface area is 190 Å². The Morgan fingerprint density at radius 3 is 2.53 bits per heavy atom. The Hall–Kier alpha value is -3.89. The molecule has 0 aliphatic heterocycles. The average molecular weight is 440 g/mol. The van der Waals surface area contributed by atoms with E-state index >= 15 is 0 Å². The topological polar surface area (TPSA) is 83.6 Å². The van der Waals surface area contributed by atoms with E-state index in [4.69, 9.17) is 5.26 Å². The van der Waals surface area contributed by atoms with Crippen LogP contribution in [0.25, 0.3) is 5.82 Å². The molecule has 0 unspecified atom stereocenters. The van der Waals surface area contributed by atoms with Gasteiger partial charge in [0.1, 0.15) is 0 Å². The van der Waals surface area contributed by atoms with Gasteiger partial charge in [-0.05, 0) is 61.9 Å². The highest BCUT2D eigenvalue weighted by molar-refractivity contribution is 7.98. The van der Waals surface area contributed by atoms with Gasteiger partial charge in [0.25, 0.3) is 5.91 Å². The molecule has 0 atom stereocenters. The van der Waals surface area contributed by atoms with Crippen LogP contribution < -0.4 is 5.32 Å². The molecule has 32 heavy (non-hydrogen) atoms. The molecule has 0 aliphatic rings. The lowest BCUT2D eigenvalue weighted by Gasteiger charge is -2.11. The van der Waals surface area contributed by atoms with Gasteiger partial charge in [-0.15, -0.1) is 11.8 Å². The number of nitriles is 1. The second-order valence-electron chi connectivity index (χ2n) is 7.29. The number of pyridine rings is 1. The third-order valence-corrected chi connectivity index (χ3v) is 5.99. The van der Waals surface area contributed by atoms with E-state index in [1.807, 2.05) is 68.4 Å². The molecule has 1 amide bonds. The number of thioether (sulfide) groups is 1. The first-order chi connectivity index (χ1) is 15.5. The van der Waals surface area contributed by atoms with Crippen LogP contribution >= 0.6 is 11.8 Å². The Morgan fingerprint density at radius 1 is 1.09 bits per heavy atom. The quantitative estimate of drug-likeness (QED) is 0.412. The summed E-state index contributed by atoms with van der Waals surface area (Å²) in [6.07, 6.45) is 1.64. The highest BCUT2D eigenvalue weighted by Gasteiger charge is 2.13. The fourth-order valence-electron chi connectivity index (χ4n) is 3.26. The summed E-state index contributed by atoms with van der Waals surface area (Å²) in [5.74, 6) is 1.22. The van der Waals surface area contributed by atoms with Crippen LogP contribution in [0.1, 0.15) is 32.9 Å². The van der Waals surface area contributed by atoms with Crippen molar-refractivity contribution < 1.29 is 4.79 Å². The van der Waals surface area contributed by atoms with E-state index in [1.165, 1.54) is 0 Å². The fourth-order valence-corrected chi connectivity index (χ4v) is 4.27. The molecular weight excluding hydrogens is 418 g/mol. The largest absolute Gasteiger partial charge is 0.321 e. The normalized spacial score (nSPS) is 10.5. The van der Waals surface area contributed by atoms with Gasteiger partial charge in [0.05, 0.1) is 34.8 Å². The smallest absolute Gasteiger partial charge is 0.256 e. The average Bonchev–Trinajstić information content (AvgIpc) is 3.16. The summed E-state index contributed by atoms with van der Waals surface area (Å²) in [4.78, 5) is 18.3. The van der Waals surface area contributed by atoms with Gasteiger partial charge in [0, 0.05) is 16.3 Å². The molecule has 0 saturated carbocycles. The van der Waals surface area contributed by atoms with Crippen LogP contribution in [0.2, 0.25) is 0 Å². The van der Waals surface area contributed by atoms with Crippen molar-refractivity contribution >= 4 is 23.4 Å². The molecule has 0 radical (unpaired) electrons. The molecule has 0 bridgehead atoms. The van der Waals surface area contributed by atoms with Gasteiger partial charge in [-0.3, -0.25) is 4.79 Å². The van der Waals surface area contributed by atoms with Crippen molar-refractivity contribution in [1.29, 1.82) is 5.26 Å². The number of aromatic nitrogens is 3. The summed E-state index contributed by atoms with van der Waals surface area (Å²) in [6.45, 7) is 3.92.